The lowest BCUT2D eigenvalue weighted by molar-refractivity contribution is -0.384. The third-order valence-electron chi connectivity index (χ3n) is 3.73. The van der Waals surface area contributed by atoms with Crippen molar-refractivity contribution in [3.8, 4) is 0 Å². The number of thiazole rings is 1. The molecule has 0 saturated carbocycles. The fourth-order valence-corrected chi connectivity index (χ4v) is 3.48. The fraction of sp³-hybridized carbons (Fsp3) is 0.312. The zero-order chi connectivity index (χ0) is 19.2. The van der Waals surface area contributed by atoms with Crippen molar-refractivity contribution in [1.29, 1.82) is 0 Å². The molecule has 1 aliphatic heterocycles. The Labute approximate surface area is 163 Å². The molecule has 1 aromatic heterocycles. The highest BCUT2D eigenvalue weighted by Gasteiger charge is 2.16. The molecule has 2 aromatic rings. The zero-order valence-corrected chi connectivity index (χ0v) is 15.7. The number of aromatic nitrogens is 1. The first-order chi connectivity index (χ1) is 13.0. The van der Waals surface area contributed by atoms with Gasteiger partial charge in [0.15, 0.2) is 5.13 Å². The number of hydrogen-bond donors (Lipinski definition) is 1. The maximum Gasteiger partial charge on any atom is 0.288 e. The number of rotatable bonds is 6. The SMILES string of the molecule is O=C(Cc1csc(N2CCOCC2)n1)N/N=C\c1ccc(Cl)c([N+](=O)[O-])c1. The maximum absolute atomic E-state index is 12.0. The monoisotopic (exact) mass is 409 g/mol. The van der Waals surface area contributed by atoms with Crippen molar-refractivity contribution >= 4 is 45.9 Å². The second kappa shape index (κ2) is 8.89. The van der Waals surface area contributed by atoms with Gasteiger partial charge >= 0.3 is 0 Å². The molecule has 1 saturated heterocycles. The number of nitrogens with one attached hydrogen (secondary N) is 1. The van der Waals surface area contributed by atoms with E-state index >= 15 is 0 Å². The number of ether oxygens (including phenoxy) is 1. The number of morpholine rings is 1. The lowest BCUT2D eigenvalue weighted by atomic mass is 10.2. The molecule has 0 atom stereocenters. The molecule has 1 aliphatic rings. The molecular weight excluding hydrogens is 394 g/mol. The van der Waals surface area contributed by atoms with E-state index in [4.69, 9.17) is 16.3 Å². The van der Waals surface area contributed by atoms with Gasteiger partial charge in [0.05, 0.1) is 36.5 Å². The summed E-state index contributed by atoms with van der Waals surface area (Å²) in [5.74, 6) is -0.325. The smallest absolute Gasteiger partial charge is 0.288 e. The number of nitro benzene ring substituents is 1. The second-order valence-corrected chi connectivity index (χ2v) is 6.90. The van der Waals surface area contributed by atoms with Crippen LogP contribution in [-0.4, -0.2) is 48.3 Å². The van der Waals surface area contributed by atoms with Gasteiger partial charge in [0.25, 0.3) is 5.69 Å². The Bertz CT molecular complexity index is 866. The number of hydrazone groups is 1. The fourth-order valence-electron chi connectivity index (χ4n) is 2.41. The standard InChI is InChI=1S/C16H16ClN5O4S/c17-13-2-1-11(7-14(13)22(24)25)9-18-20-15(23)8-12-10-27-16(19-12)21-3-5-26-6-4-21/h1-2,7,9-10H,3-6,8H2,(H,20,23)/b18-9-. The molecule has 0 bridgehead atoms. The summed E-state index contributed by atoms with van der Waals surface area (Å²) in [5, 5.41) is 17.4. The summed E-state index contributed by atoms with van der Waals surface area (Å²) in [6.45, 7) is 2.92. The number of carbonyl (C=O) groups excluding carboxylic acids is 1. The minimum Gasteiger partial charge on any atom is -0.378 e. The van der Waals surface area contributed by atoms with Gasteiger partial charge in [-0.3, -0.25) is 14.9 Å². The largest absolute Gasteiger partial charge is 0.378 e. The van der Waals surface area contributed by atoms with Crippen LogP contribution in [0.2, 0.25) is 5.02 Å². The molecule has 0 radical (unpaired) electrons. The van der Waals surface area contributed by atoms with E-state index in [1.807, 2.05) is 5.38 Å². The highest BCUT2D eigenvalue weighted by Crippen LogP contribution is 2.24. The Hall–Kier alpha value is -2.56. The highest BCUT2D eigenvalue weighted by molar-refractivity contribution is 7.13. The zero-order valence-electron chi connectivity index (χ0n) is 14.1. The Morgan fingerprint density at radius 2 is 2.26 bits per heavy atom. The van der Waals surface area contributed by atoms with E-state index in [1.54, 1.807) is 6.07 Å². The van der Waals surface area contributed by atoms with Crippen LogP contribution in [0.15, 0.2) is 28.7 Å². The van der Waals surface area contributed by atoms with Crippen molar-refractivity contribution in [3.05, 3.63) is 50.0 Å². The summed E-state index contributed by atoms with van der Waals surface area (Å²) < 4.78 is 5.31. The van der Waals surface area contributed by atoms with E-state index < -0.39 is 4.92 Å². The van der Waals surface area contributed by atoms with Crippen molar-refractivity contribution in [2.24, 2.45) is 5.10 Å². The van der Waals surface area contributed by atoms with Gasteiger partial charge in [-0.05, 0) is 6.07 Å². The first kappa shape index (κ1) is 19.2. The lowest BCUT2D eigenvalue weighted by Crippen LogP contribution is -2.36. The van der Waals surface area contributed by atoms with Crippen molar-refractivity contribution in [1.82, 2.24) is 10.4 Å². The molecule has 11 heteroatoms. The molecule has 0 spiro atoms. The third kappa shape index (κ3) is 5.22. The molecule has 1 amide bonds. The average molecular weight is 410 g/mol. The molecule has 9 nitrogen and oxygen atoms in total. The molecule has 0 aliphatic carbocycles. The normalized spacial score (nSPS) is 14.5. The topological polar surface area (TPSA) is 110 Å². The molecule has 3 rings (SSSR count). The van der Waals surface area contributed by atoms with Crippen LogP contribution in [0.5, 0.6) is 0 Å². The molecule has 0 unspecified atom stereocenters. The average Bonchev–Trinajstić information content (AvgIpc) is 3.12. The summed E-state index contributed by atoms with van der Waals surface area (Å²) in [4.78, 5) is 28.9. The van der Waals surface area contributed by atoms with Crippen LogP contribution in [0.1, 0.15) is 11.3 Å². The van der Waals surface area contributed by atoms with Crippen LogP contribution < -0.4 is 10.3 Å². The van der Waals surface area contributed by atoms with E-state index in [0.29, 0.717) is 24.5 Å². The summed E-state index contributed by atoms with van der Waals surface area (Å²) in [6, 6.07) is 4.26. The Kier molecular flexibility index (Phi) is 6.32. The number of anilines is 1. The first-order valence-corrected chi connectivity index (χ1v) is 9.31. The van der Waals surface area contributed by atoms with Gasteiger partial charge in [0, 0.05) is 30.1 Å². The number of carbonyl (C=O) groups is 1. The highest BCUT2D eigenvalue weighted by atomic mass is 35.5. The van der Waals surface area contributed by atoms with Crippen LogP contribution in [-0.2, 0) is 16.0 Å². The number of halogens is 1. The van der Waals surface area contributed by atoms with E-state index in [1.165, 1.54) is 29.7 Å². The molecule has 1 fully saturated rings. The number of amides is 1. The Balaban J connectivity index is 1.54. The van der Waals surface area contributed by atoms with Crippen molar-refractivity contribution < 1.29 is 14.5 Å². The first-order valence-electron chi connectivity index (χ1n) is 8.06. The molecule has 27 heavy (non-hydrogen) atoms. The summed E-state index contributed by atoms with van der Waals surface area (Å²) in [6.07, 6.45) is 1.42. The predicted molar refractivity (Wildman–Crippen MR) is 103 cm³/mol. The second-order valence-electron chi connectivity index (χ2n) is 5.66. The van der Waals surface area contributed by atoms with E-state index in [-0.39, 0.29) is 23.0 Å². The number of hydrogen-bond acceptors (Lipinski definition) is 8. The van der Waals surface area contributed by atoms with Crippen molar-refractivity contribution in [2.45, 2.75) is 6.42 Å². The summed E-state index contributed by atoms with van der Waals surface area (Å²) >= 11 is 7.24. The number of nitro groups is 1. The van der Waals surface area contributed by atoms with Gasteiger partial charge in [-0.15, -0.1) is 11.3 Å². The van der Waals surface area contributed by atoms with Crippen molar-refractivity contribution in [2.75, 3.05) is 31.2 Å². The molecule has 1 N–H and O–H groups in total. The minimum absolute atomic E-state index is 0.0424. The van der Waals surface area contributed by atoms with Gasteiger partial charge in [0.1, 0.15) is 5.02 Å². The number of benzene rings is 1. The van der Waals surface area contributed by atoms with Gasteiger partial charge in [0.2, 0.25) is 5.91 Å². The van der Waals surface area contributed by atoms with Crippen molar-refractivity contribution in [3.63, 3.8) is 0 Å². The maximum atomic E-state index is 12.0. The quantitative estimate of drug-likeness (QED) is 0.445. The van der Waals surface area contributed by atoms with Crippen LogP contribution in [0.3, 0.4) is 0 Å². The van der Waals surface area contributed by atoms with Gasteiger partial charge in [-0.1, -0.05) is 17.7 Å². The Morgan fingerprint density at radius 3 is 3.00 bits per heavy atom. The third-order valence-corrected chi connectivity index (χ3v) is 5.00. The van der Waals surface area contributed by atoms with Crippen LogP contribution in [0.4, 0.5) is 10.8 Å². The molecule has 142 valence electrons. The van der Waals surface area contributed by atoms with Crippen LogP contribution in [0.25, 0.3) is 0 Å². The molecule has 2 heterocycles. The van der Waals surface area contributed by atoms with E-state index in [2.05, 4.69) is 20.4 Å². The summed E-state index contributed by atoms with van der Waals surface area (Å²) in [7, 11) is 0. The lowest BCUT2D eigenvalue weighted by Gasteiger charge is -2.26. The van der Waals surface area contributed by atoms with E-state index in [0.717, 1.165) is 18.2 Å². The molecular formula is C16H16ClN5O4S. The number of nitrogens with zero attached hydrogens (tertiary/aromatic N) is 4. The van der Waals surface area contributed by atoms with Gasteiger partial charge < -0.3 is 9.64 Å². The minimum atomic E-state index is -0.577. The molecule has 1 aromatic carbocycles. The Morgan fingerprint density at radius 1 is 1.48 bits per heavy atom. The van der Waals surface area contributed by atoms with Crippen LogP contribution >= 0.6 is 22.9 Å². The summed E-state index contributed by atoms with van der Waals surface area (Å²) in [5.41, 5.74) is 3.29. The van der Waals surface area contributed by atoms with Crippen LogP contribution in [0, 0.1) is 10.1 Å². The van der Waals surface area contributed by atoms with Gasteiger partial charge in [-0.2, -0.15) is 5.10 Å². The van der Waals surface area contributed by atoms with E-state index in [9.17, 15) is 14.9 Å². The van der Waals surface area contributed by atoms with Gasteiger partial charge in [-0.25, -0.2) is 10.4 Å². The predicted octanol–water partition coefficient (Wildman–Crippen LogP) is 2.23.